The van der Waals surface area contributed by atoms with Crippen molar-refractivity contribution in [2.45, 2.75) is 38.5 Å². The molecule has 0 fully saturated rings. The maximum atomic E-state index is 10.9. The van der Waals surface area contributed by atoms with Gasteiger partial charge in [0.05, 0.1) is 23.0 Å². The van der Waals surface area contributed by atoms with Gasteiger partial charge in [0.15, 0.2) is 0 Å². The van der Waals surface area contributed by atoms with E-state index < -0.39 is 6.10 Å². The zero-order chi connectivity index (χ0) is 15.0. The van der Waals surface area contributed by atoms with Crippen molar-refractivity contribution in [2.75, 3.05) is 6.61 Å². The van der Waals surface area contributed by atoms with Gasteiger partial charge >= 0.3 is 0 Å². The molecule has 4 nitrogen and oxygen atoms in total. The quantitative estimate of drug-likeness (QED) is 0.920. The Morgan fingerprint density at radius 1 is 1.38 bits per heavy atom. The van der Waals surface area contributed by atoms with Crippen LogP contribution in [0.15, 0.2) is 34.9 Å². The van der Waals surface area contributed by atoms with Crippen LogP contribution in [0.4, 0.5) is 0 Å². The fourth-order valence-electron chi connectivity index (χ4n) is 2.87. The molecule has 0 spiro atoms. The SMILES string of the molecule is CC(C)n1ncc(Br)c1C(O)C1OCCc2ccccc21. The molecule has 1 N–H and O–H groups in total. The van der Waals surface area contributed by atoms with E-state index in [-0.39, 0.29) is 12.1 Å². The number of benzene rings is 1. The molecule has 3 rings (SSSR count). The van der Waals surface area contributed by atoms with Crippen molar-refractivity contribution < 1.29 is 9.84 Å². The number of hydrogen-bond donors (Lipinski definition) is 1. The van der Waals surface area contributed by atoms with Gasteiger partial charge in [0.25, 0.3) is 0 Å². The van der Waals surface area contributed by atoms with E-state index in [0.29, 0.717) is 6.61 Å². The van der Waals surface area contributed by atoms with E-state index in [1.165, 1.54) is 5.56 Å². The lowest BCUT2D eigenvalue weighted by atomic mass is 9.93. The van der Waals surface area contributed by atoms with Crippen LogP contribution in [0.2, 0.25) is 0 Å². The Kier molecular flexibility index (Phi) is 4.15. The minimum atomic E-state index is -0.745. The van der Waals surface area contributed by atoms with E-state index in [1.54, 1.807) is 6.20 Å². The molecule has 0 bridgehead atoms. The molecule has 2 heterocycles. The van der Waals surface area contributed by atoms with Crippen LogP contribution in [-0.4, -0.2) is 21.5 Å². The number of nitrogens with zero attached hydrogens (tertiary/aromatic N) is 2. The fraction of sp³-hybridized carbons (Fsp3) is 0.438. The standard InChI is InChI=1S/C16H19BrN2O2/c1-10(2)19-14(13(17)9-18-19)15(20)16-12-6-4-3-5-11(12)7-8-21-16/h3-6,9-10,15-16,20H,7-8H2,1-2H3. The molecule has 2 unspecified atom stereocenters. The molecule has 112 valence electrons. The highest BCUT2D eigenvalue weighted by atomic mass is 79.9. The van der Waals surface area contributed by atoms with E-state index in [0.717, 1.165) is 22.2 Å². The molecule has 1 aromatic heterocycles. The first-order valence-electron chi connectivity index (χ1n) is 7.20. The molecule has 2 aromatic rings. The van der Waals surface area contributed by atoms with Crippen LogP contribution in [-0.2, 0) is 11.2 Å². The van der Waals surface area contributed by atoms with Crippen molar-refractivity contribution in [3.8, 4) is 0 Å². The number of hydrogen-bond acceptors (Lipinski definition) is 3. The van der Waals surface area contributed by atoms with Gasteiger partial charge in [-0.2, -0.15) is 5.10 Å². The number of aliphatic hydroxyl groups excluding tert-OH is 1. The van der Waals surface area contributed by atoms with Gasteiger partial charge in [0.1, 0.15) is 12.2 Å². The van der Waals surface area contributed by atoms with Crippen molar-refractivity contribution in [3.63, 3.8) is 0 Å². The summed E-state index contributed by atoms with van der Waals surface area (Å²) in [6.45, 7) is 4.73. The Hall–Kier alpha value is -1.17. The third-order valence-corrected chi connectivity index (χ3v) is 4.48. The van der Waals surface area contributed by atoms with Gasteiger partial charge in [0, 0.05) is 6.04 Å². The lowest BCUT2D eigenvalue weighted by molar-refractivity contribution is -0.0522. The Morgan fingerprint density at radius 2 is 2.14 bits per heavy atom. The lowest BCUT2D eigenvalue weighted by Crippen LogP contribution is -2.24. The smallest absolute Gasteiger partial charge is 0.127 e. The van der Waals surface area contributed by atoms with Crippen LogP contribution < -0.4 is 0 Å². The zero-order valence-corrected chi connectivity index (χ0v) is 13.7. The first-order chi connectivity index (χ1) is 10.1. The highest BCUT2D eigenvalue weighted by Crippen LogP contribution is 2.39. The highest BCUT2D eigenvalue weighted by molar-refractivity contribution is 9.10. The number of aliphatic hydroxyl groups is 1. The molecule has 0 amide bonds. The third kappa shape index (κ3) is 2.65. The summed E-state index contributed by atoms with van der Waals surface area (Å²) in [4.78, 5) is 0. The van der Waals surface area contributed by atoms with Crippen molar-refractivity contribution in [2.24, 2.45) is 0 Å². The van der Waals surface area contributed by atoms with Crippen molar-refractivity contribution in [1.82, 2.24) is 9.78 Å². The molecule has 1 aliphatic heterocycles. The van der Waals surface area contributed by atoms with Crippen LogP contribution in [0.5, 0.6) is 0 Å². The Balaban J connectivity index is 2.01. The average Bonchev–Trinajstić information content (AvgIpc) is 2.88. The van der Waals surface area contributed by atoms with Gasteiger partial charge < -0.3 is 9.84 Å². The molecule has 2 atom stereocenters. The summed E-state index contributed by atoms with van der Waals surface area (Å²) < 4.78 is 8.53. The zero-order valence-electron chi connectivity index (χ0n) is 12.2. The summed E-state index contributed by atoms with van der Waals surface area (Å²) in [5.74, 6) is 0. The second kappa shape index (κ2) is 5.91. The summed E-state index contributed by atoms with van der Waals surface area (Å²) in [6.07, 6.45) is 1.53. The summed E-state index contributed by atoms with van der Waals surface area (Å²) in [5.41, 5.74) is 3.09. The monoisotopic (exact) mass is 350 g/mol. The van der Waals surface area contributed by atoms with E-state index in [4.69, 9.17) is 4.74 Å². The van der Waals surface area contributed by atoms with E-state index in [1.807, 2.05) is 36.7 Å². The normalized spacial score (nSPS) is 19.6. The predicted molar refractivity (Wildman–Crippen MR) is 84.1 cm³/mol. The predicted octanol–water partition coefficient (Wildman–Crippen LogP) is 3.57. The van der Waals surface area contributed by atoms with Crippen LogP contribution >= 0.6 is 15.9 Å². The molecule has 0 saturated heterocycles. The highest BCUT2D eigenvalue weighted by Gasteiger charge is 2.32. The minimum Gasteiger partial charge on any atom is -0.384 e. The van der Waals surface area contributed by atoms with E-state index >= 15 is 0 Å². The Labute approximate surface area is 132 Å². The minimum absolute atomic E-state index is 0.180. The first-order valence-corrected chi connectivity index (χ1v) is 7.99. The molecule has 0 radical (unpaired) electrons. The first kappa shape index (κ1) is 14.8. The molecule has 21 heavy (non-hydrogen) atoms. The van der Waals surface area contributed by atoms with Crippen molar-refractivity contribution in [1.29, 1.82) is 0 Å². The molecule has 1 aromatic carbocycles. The second-order valence-corrected chi connectivity index (χ2v) is 6.46. The molecular formula is C16H19BrN2O2. The fourth-order valence-corrected chi connectivity index (χ4v) is 3.38. The van der Waals surface area contributed by atoms with Gasteiger partial charge in [-0.3, -0.25) is 4.68 Å². The maximum absolute atomic E-state index is 10.9. The lowest BCUT2D eigenvalue weighted by Gasteiger charge is -2.30. The number of halogens is 1. The van der Waals surface area contributed by atoms with Gasteiger partial charge in [0.2, 0.25) is 0 Å². The van der Waals surface area contributed by atoms with Crippen LogP contribution in [0.1, 0.15) is 48.9 Å². The van der Waals surface area contributed by atoms with Gasteiger partial charge in [-0.15, -0.1) is 0 Å². The largest absolute Gasteiger partial charge is 0.384 e. The summed E-state index contributed by atoms with van der Waals surface area (Å²) in [5, 5.41) is 15.2. The summed E-state index contributed by atoms with van der Waals surface area (Å²) in [7, 11) is 0. The van der Waals surface area contributed by atoms with Crippen LogP contribution in [0.3, 0.4) is 0 Å². The van der Waals surface area contributed by atoms with E-state index in [2.05, 4.69) is 27.1 Å². The summed E-state index contributed by atoms with van der Waals surface area (Å²) in [6, 6.07) is 8.34. The molecule has 1 aliphatic rings. The number of ether oxygens (including phenoxy) is 1. The number of fused-ring (bicyclic) bond motifs is 1. The average molecular weight is 351 g/mol. The Bertz CT molecular complexity index is 639. The van der Waals surface area contributed by atoms with Crippen molar-refractivity contribution in [3.05, 3.63) is 51.8 Å². The molecular weight excluding hydrogens is 332 g/mol. The Morgan fingerprint density at radius 3 is 2.90 bits per heavy atom. The number of rotatable bonds is 3. The summed E-state index contributed by atoms with van der Waals surface area (Å²) >= 11 is 3.49. The molecule has 0 saturated carbocycles. The molecule has 0 aliphatic carbocycles. The van der Waals surface area contributed by atoms with Gasteiger partial charge in [-0.25, -0.2) is 0 Å². The molecule has 5 heteroatoms. The van der Waals surface area contributed by atoms with Gasteiger partial charge in [-0.05, 0) is 47.3 Å². The van der Waals surface area contributed by atoms with Crippen LogP contribution in [0, 0.1) is 0 Å². The van der Waals surface area contributed by atoms with Gasteiger partial charge in [-0.1, -0.05) is 24.3 Å². The second-order valence-electron chi connectivity index (χ2n) is 5.60. The van der Waals surface area contributed by atoms with Crippen LogP contribution in [0.25, 0.3) is 0 Å². The topological polar surface area (TPSA) is 47.3 Å². The van der Waals surface area contributed by atoms with E-state index in [9.17, 15) is 5.11 Å². The number of aromatic nitrogens is 2. The van der Waals surface area contributed by atoms with Crippen molar-refractivity contribution >= 4 is 15.9 Å². The third-order valence-electron chi connectivity index (χ3n) is 3.87. The maximum Gasteiger partial charge on any atom is 0.127 e.